The summed E-state index contributed by atoms with van der Waals surface area (Å²) >= 11 is 1.81. The Bertz CT molecular complexity index is 2190. The first kappa shape index (κ1) is 45.7. The highest BCUT2D eigenvalue weighted by molar-refractivity contribution is 8.00. The SMILES string of the molecule is C=CCOC12Oc3ccc(OC(=O)Nc4ccc(OC)cc4OC)cc3C3C(CCCCO)C(CCCCO)C=C(C(=NOCc4ccccc4)CC1SCCc1ccncc1)C32. The fourth-order valence-corrected chi connectivity index (χ4v) is 10.7. The van der Waals surface area contributed by atoms with Crippen LogP contribution >= 0.6 is 11.8 Å². The molecule has 6 unspecified atom stereocenters. The number of methoxy groups -OCH3 is 2. The number of aryl methyl sites for hydroxylation is 1. The number of hydrogen-bond donors (Lipinski definition) is 3. The van der Waals surface area contributed by atoms with Gasteiger partial charge in [0.15, 0.2) is 0 Å². The Labute approximate surface area is 374 Å². The third-order valence-electron chi connectivity index (χ3n) is 12.2. The summed E-state index contributed by atoms with van der Waals surface area (Å²) in [5, 5.41) is 27.4. The summed E-state index contributed by atoms with van der Waals surface area (Å²) in [6, 6.07) is 24.8. The summed E-state index contributed by atoms with van der Waals surface area (Å²) in [4.78, 5) is 24.0. The van der Waals surface area contributed by atoms with Crippen LogP contribution in [0.1, 0.15) is 67.6 Å². The number of nitrogens with zero attached hydrogens (tertiary/aromatic N) is 2. The number of amides is 1. The predicted molar refractivity (Wildman–Crippen MR) is 246 cm³/mol. The first-order valence-electron chi connectivity index (χ1n) is 21.9. The number of unbranched alkanes of at least 4 members (excludes halogenated alkanes) is 2. The van der Waals surface area contributed by atoms with Gasteiger partial charge < -0.3 is 38.7 Å². The maximum Gasteiger partial charge on any atom is 0.417 e. The van der Waals surface area contributed by atoms with E-state index in [1.165, 1.54) is 12.7 Å². The van der Waals surface area contributed by atoms with Crippen LogP contribution in [0.5, 0.6) is 23.0 Å². The molecule has 3 aliphatic rings. The van der Waals surface area contributed by atoms with Gasteiger partial charge in [-0.3, -0.25) is 10.3 Å². The number of nitrogens with one attached hydrogen (secondary N) is 1. The molecule has 1 fully saturated rings. The van der Waals surface area contributed by atoms with E-state index < -0.39 is 11.9 Å². The Kier molecular flexibility index (Phi) is 16.2. The number of ether oxygens (including phenoxy) is 5. The molecule has 63 heavy (non-hydrogen) atoms. The number of allylic oxidation sites excluding steroid dienone is 1. The van der Waals surface area contributed by atoms with Crippen LogP contribution in [0, 0.1) is 17.8 Å². The molecular weight excluding hydrogens is 819 g/mol. The Morgan fingerprint density at radius 1 is 0.952 bits per heavy atom. The second kappa shape index (κ2) is 22.3. The second-order valence-corrected chi connectivity index (χ2v) is 17.4. The average Bonchev–Trinajstić information content (AvgIpc) is 3.31. The molecule has 2 aliphatic carbocycles. The molecule has 334 valence electrons. The van der Waals surface area contributed by atoms with Crippen molar-refractivity contribution in [2.24, 2.45) is 22.9 Å². The number of oxime groups is 1. The lowest BCUT2D eigenvalue weighted by Gasteiger charge is -2.58. The van der Waals surface area contributed by atoms with Crippen LogP contribution in [0.4, 0.5) is 10.5 Å². The van der Waals surface area contributed by atoms with Crippen LogP contribution in [0.3, 0.4) is 0 Å². The summed E-state index contributed by atoms with van der Waals surface area (Å²) in [6.45, 7) is 4.84. The molecule has 2 heterocycles. The van der Waals surface area contributed by atoms with E-state index in [9.17, 15) is 15.0 Å². The topological polar surface area (TPSA) is 150 Å². The quantitative estimate of drug-likeness (QED) is 0.0394. The number of rotatable bonds is 22. The van der Waals surface area contributed by atoms with Crippen molar-refractivity contribution in [2.45, 2.75) is 74.9 Å². The van der Waals surface area contributed by atoms with Gasteiger partial charge in [-0.25, -0.2) is 4.79 Å². The lowest BCUT2D eigenvalue weighted by Crippen LogP contribution is -2.64. The van der Waals surface area contributed by atoms with Gasteiger partial charge in [0.05, 0.1) is 43.4 Å². The maximum absolute atomic E-state index is 13.5. The van der Waals surface area contributed by atoms with Crippen LogP contribution < -0.4 is 24.3 Å². The largest absolute Gasteiger partial charge is 0.497 e. The van der Waals surface area contributed by atoms with E-state index in [1.807, 2.05) is 78.8 Å². The van der Waals surface area contributed by atoms with Crippen molar-refractivity contribution in [1.29, 1.82) is 0 Å². The molecule has 0 spiro atoms. The van der Waals surface area contributed by atoms with E-state index in [0.717, 1.165) is 60.3 Å². The zero-order chi connectivity index (χ0) is 44.0. The highest BCUT2D eigenvalue weighted by atomic mass is 32.2. The number of benzene rings is 3. The highest BCUT2D eigenvalue weighted by Crippen LogP contribution is 2.62. The number of carbonyl (C=O) groups is 1. The van der Waals surface area contributed by atoms with Crippen LogP contribution in [-0.2, 0) is 22.6 Å². The zero-order valence-corrected chi connectivity index (χ0v) is 37.0. The van der Waals surface area contributed by atoms with Gasteiger partial charge in [-0.1, -0.05) is 60.5 Å². The number of fused-ring (bicyclic) bond motifs is 2. The monoisotopic (exact) mass is 877 g/mol. The molecule has 3 aromatic carbocycles. The van der Waals surface area contributed by atoms with Crippen molar-refractivity contribution in [1.82, 2.24) is 4.98 Å². The molecule has 1 amide bonds. The van der Waals surface area contributed by atoms with Crippen LogP contribution in [0.25, 0.3) is 0 Å². The van der Waals surface area contributed by atoms with Crippen molar-refractivity contribution in [3.05, 3.63) is 132 Å². The lowest BCUT2D eigenvalue weighted by atomic mass is 9.56. The van der Waals surface area contributed by atoms with Crippen molar-refractivity contribution >= 4 is 29.3 Å². The normalized spacial score (nSPS) is 22.8. The Balaban J connectivity index is 1.32. The molecule has 3 N–H and O–H groups in total. The smallest absolute Gasteiger partial charge is 0.417 e. The summed E-state index contributed by atoms with van der Waals surface area (Å²) < 4.78 is 31.2. The summed E-state index contributed by atoms with van der Waals surface area (Å²) in [6.07, 6.45) is 13.1. The standard InChI is InChI=1S/C50H59N3O9S/c1-4-27-59-50-46(63-28-22-34-20-23-51-24-21-34)32-43(53-60-33-35-12-6-5-7-13-35)40-29-36(14-8-10-25-54)39(15-9-11-26-55)47(48(40)50)41-30-38(17-19-44(41)62-50)61-49(56)52-42-18-16-37(57-2)31-45(42)58-3/h4-7,12-13,16-21,23-24,29-31,36,39,46-48,54-55H,1,8-11,14-15,22,25-28,32-33H2,2-3H3,(H,52,56). The second-order valence-electron chi connectivity index (χ2n) is 16.1. The first-order valence-corrected chi connectivity index (χ1v) is 22.9. The van der Waals surface area contributed by atoms with E-state index in [4.69, 9.17) is 33.7 Å². The minimum absolute atomic E-state index is 0.0815. The number of pyridine rings is 1. The summed E-state index contributed by atoms with van der Waals surface area (Å²) in [5.74, 6) is 1.36. The van der Waals surface area contributed by atoms with Crippen LogP contribution in [-0.4, -0.2) is 77.8 Å². The number of aliphatic hydroxyl groups is 2. The molecule has 7 rings (SSSR count). The van der Waals surface area contributed by atoms with E-state index in [2.05, 4.69) is 23.0 Å². The number of thioether (sulfide) groups is 1. The number of carbonyl (C=O) groups excluding carboxylic acids is 1. The van der Waals surface area contributed by atoms with Crippen molar-refractivity contribution in [2.75, 3.05) is 45.1 Å². The molecule has 1 aliphatic heterocycles. The lowest BCUT2D eigenvalue weighted by molar-refractivity contribution is -0.223. The molecule has 1 aromatic heterocycles. The van der Waals surface area contributed by atoms with Crippen molar-refractivity contribution < 1.29 is 43.5 Å². The Hall–Kier alpha value is -5.34. The summed E-state index contributed by atoms with van der Waals surface area (Å²) in [5.41, 5.74) is 5.43. The Morgan fingerprint density at radius 2 is 1.73 bits per heavy atom. The van der Waals surface area contributed by atoms with E-state index in [-0.39, 0.29) is 48.7 Å². The molecule has 0 radical (unpaired) electrons. The Morgan fingerprint density at radius 3 is 2.48 bits per heavy atom. The van der Waals surface area contributed by atoms with Crippen molar-refractivity contribution in [3.63, 3.8) is 0 Å². The van der Waals surface area contributed by atoms with E-state index >= 15 is 0 Å². The van der Waals surface area contributed by atoms with E-state index in [1.54, 1.807) is 37.5 Å². The molecular formula is C50H59N3O9S. The molecule has 13 heteroatoms. The maximum atomic E-state index is 13.5. The summed E-state index contributed by atoms with van der Waals surface area (Å²) in [7, 11) is 3.09. The van der Waals surface area contributed by atoms with Gasteiger partial charge in [-0.2, -0.15) is 11.8 Å². The minimum Gasteiger partial charge on any atom is -0.497 e. The fourth-order valence-electron chi connectivity index (χ4n) is 9.31. The van der Waals surface area contributed by atoms with Gasteiger partial charge in [0.2, 0.25) is 5.79 Å². The average molecular weight is 878 g/mol. The number of aliphatic hydroxyl groups excluding tert-OH is 2. The highest BCUT2D eigenvalue weighted by Gasteiger charge is 2.64. The minimum atomic E-state index is -1.13. The van der Waals surface area contributed by atoms with Gasteiger partial charge in [-0.05, 0) is 109 Å². The number of anilines is 1. The molecule has 4 aromatic rings. The number of aromatic nitrogens is 1. The first-order chi connectivity index (χ1) is 30.9. The van der Waals surface area contributed by atoms with Gasteiger partial charge in [0, 0.05) is 49.6 Å². The molecule has 0 saturated heterocycles. The van der Waals surface area contributed by atoms with Crippen LogP contribution in [0.15, 0.2) is 121 Å². The van der Waals surface area contributed by atoms with E-state index in [0.29, 0.717) is 54.6 Å². The van der Waals surface area contributed by atoms with Gasteiger partial charge in [0.25, 0.3) is 0 Å². The third-order valence-corrected chi connectivity index (χ3v) is 13.5. The van der Waals surface area contributed by atoms with Crippen molar-refractivity contribution in [3.8, 4) is 23.0 Å². The number of hydrogen-bond acceptors (Lipinski definition) is 12. The molecule has 1 saturated carbocycles. The molecule has 6 atom stereocenters. The molecule has 12 nitrogen and oxygen atoms in total. The fraction of sp³-hybridized carbons (Fsp3) is 0.420. The van der Waals surface area contributed by atoms with Gasteiger partial charge >= 0.3 is 6.09 Å². The molecule has 0 bridgehead atoms. The van der Waals surface area contributed by atoms with Crippen LogP contribution in [0.2, 0.25) is 0 Å². The third kappa shape index (κ3) is 10.9. The zero-order valence-electron chi connectivity index (χ0n) is 36.2. The van der Waals surface area contributed by atoms with Gasteiger partial charge in [-0.15, -0.1) is 6.58 Å². The van der Waals surface area contributed by atoms with Gasteiger partial charge in [0.1, 0.15) is 29.6 Å². The predicted octanol–water partition coefficient (Wildman–Crippen LogP) is 9.52.